The van der Waals surface area contributed by atoms with E-state index in [1.54, 1.807) is 23.1 Å². The van der Waals surface area contributed by atoms with E-state index in [2.05, 4.69) is 15.9 Å². The Morgan fingerprint density at radius 2 is 2.29 bits per heavy atom. The number of halogens is 2. The van der Waals surface area contributed by atoms with Gasteiger partial charge in [-0.05, 0) is 40.0 Å². The van der Waals surface area contributed by atoms with Crippen LogP contribution in [0.2, 0.25) is 5.02 Å². The number of carboxylic acid groups (broad SMARTS) is 1. The summed E-state index contributed by atoms with van der Waals surface area (Å²) in [5.74, 6) is -1.29. The summed E-state index contributed by atoms with van der Waals surface area (Å²) in [7, 11) is 0. The first-order valence-electron chi connectivity index (χ1n) is 6.54. The lowest BCUT2D eigenvalue weighted by Gasteiger charge is -2.39. The Bertz CT molecular complexity index is 566. The smallest absolute Gasteiger partial charge is 0.335 e. The maximum Gasteiger partial charge on any atom is 0.335 e. The van der Waals surface area contributed by atoms with Gasteiger partial charge in [0.25, 0.3) is 0 Å². The van der Waals surface area contributed by atoms with Gasteiger partial charge in [-0.25, -0.2) is 4.79 Å². The Labute approximate surface area is 136 Å². The lowest BCUT2D eigenvalue weighted by atomic mass is 9.97. The summed E-state index contributed by atoms with van der Waals surface area (Å²) in [5, 5.41) is 9.89. The van der Waals surface area contributed by atoms with Gasteiger partial charge in [0.2, 0.25) is 5.91 Å². The molecule has 1 aromatic rings. The third kappa shape index (κ3) is 3.39. The van der Waals surface area contributed by atoms with Crippen molar-refractivity contribution < 1.29 is 19.4 Å². The monoisotopic (exact) mass is 375 g/mol. The molecular weight excluding hydrogens is 362 g/mol. The molecule has 2 rings (SSSR count). The van der Waals surface area contributed by atoms with Crippen LogP contribution < -0.4 is 0 Å². The maximum absolute atomic E-state index is 12.1. The Balaban J connectivity index is 2.45. The molecule has 1 heterocycles. The van der Waals surface area contributed by atoms with Crippen LogP contribution in [0.1, 0.15) is 24.9 Å². The number of morpholine rings is 1. The lowest BCUT2D eigenvalue weighted by Crippen LogP contribution is -2.52. The molecule has 0 radical (unpaired) electrons. The molecule has 1 fully saturated rings. The summed E-state index contributed by atoms with van der Waals surface area (Å²) >= 11 is 9.29. The first-order chi connectivity index (χ1) is 9.95. The number of carbonyl (C=O) groups excluding carboxylic acids is 1. The first-order valence-corrected chi connectivity index (χ1v) is 7.71. The number of ether oxygens (including phenoxy) is 1. The number of benzene rings is 1. The third-order valence-corrected chi connectivity index (χ3v) is 4.54. The molecule has 1 saturated heterocycles. The van der Waals surface area contributed by atoms with Gasteiger partial charge in [0.05, 0.1) is 11.1 Å². The first kappa shape index (κ1) is 16.3. The van der Waals surface area contributed by atoms with Crippen LogP contribution in [0, 0.1) is 0 Å². The predicted molar refractivity (Wildman–Crippen MR) is 81.3 cm³/mol. The van der Waals surface area contributed by atoms with E-state index >= 15 is 0 Å². The lowest BCUT2D eigenvalue weighted by molar-refractivity contribution is -0.173. The quantitative estimate of drug-likeness (QED) is 0.877. The fraction of sp³-hybridized carbons (Fsp3) is 0.429. The molecule has 0 saturated carbocycles. The largest absolute Gasteiger partial charge is 0.479 e. The van der Waals surface area contributed by atoms with E-state index in [4.69, 9.17) is 16.3 Å². The van der Waals surface area contributed by atoms with Crippen molar-refractivity contribution in [2.75, 3.05) is 13.2 Å². The van der Waals surface area contributed by atoms with Crippen LogP contribution in [0.25, 0.3) is 0 Å². The van der Waals surface area contributed by atoms with Gasteiger partial charge in [0.15, 0.2) is 6.10 Å². The summed E-state index contributed by atoms with van der Waals surface area (Å²) < 4.78 is 5.88. The standard InChI is InChI=1S/C14H15BrClNO4/c1-2-5-17-11(18)7-21-13(14(19)20)12(17)8-3-4-10(16)9(15)6-8/h3-4,6,12-13H,2,5,7H2,1H3,(H,19,20). The highest BCUT2D eigenvalue weighted by molar-refractivity contribution is 9.10. The van der Waals surface area contributed by atoms with Crippen LogP contribution in [-0.4, -0.2) is 41.1 Å². The topological polar surface area (TPSA) is 66.8 Å². The van der Waals surface area contributed by atoms with Gasteiger partial charge in [-0.3, -0.25) is 4.79 Å². The Morgan fingerprint density at radius 1 is 1.57 bits per heavy atom. The molecule has 2 unspecified atom stereocenters. The van der Waals surface area contributed by atoms with Crippen molar-refractivity contribution in [3.63, 3.8) is 0 Å². The van der Waals surface area contributed by atoms with Crippen molar-refractivity contribution in [2.24, 2.45) is 0 Å². The molecule has 0 aliphatic carbocycles. The van der Waals surface area contributed by atoms with E-state index in [1.807, 2.05) is 6.92 Å². The van der Waals surface area contributed by atoms with Crippen LogP contribution in [0.3, 0.4) is 0 Å². The molecule has 1 N–H and O–H groups in total. The maximum atomic E-state index is 12.1. The molecule has 114 valence electrons. The van der Waals surface area contributed by atoms with Crippen molar-refractivity contribution in [1.82, 2.24) is 4.90 Å². The van der Waals surface area contributed by atoms with Gasteiger partial charge in [-0.2, -0.15) is 0 Å². The number of rotatable bonds is 4. The summed E-state index contributed by atoms with van der Waals surface area (Å²) in [6, 6.07) is 4.46. The van der Waals surface area contributed by atoms with Crippen LogP contribution in [0.15, 0.2) is 22.7 Å². The summed E-state index contributed by atoms with van der Waals surface area (Å²) in [6.07, 6.45) is -0.342. The molecular formula is C14H15BrClNO4. The molecule has 21 heavy (non-hydrogen) atoms. The fourth-order valence-electron chi connectivity index (χ4n) is 2.42. The van der Waals surface area contributed by atoms with E-state index in [0.29, 0.717) is 21.6 Å². The van der Waals surface area contributed by atoms with Gasteiger partial charge in [0, 0.05) is 11.0 Å². The van der Waals surface area contributed by atoms with E-state index in [9.17, 15) is 14.7 Å². The summed E-state index contributed by atoms with van der Waals surface area (Å²) in [6.45, 7) is 2.21. The number of carboxylic acids is 1. The summed E-state index contributed by atoms with van der Waals surface area (Å²) in [5.41, 5.74) is 0.681. The summed E-state index contributed by atoms with van der Waals surface area (Å²) in [4.78, 5) is 25.1. The van der Waals surface area contributed by atoms with Gasteiger partial charge < -0.3 is 14.7 Å². The number of carbonyl (C=O) groups is 2. The van der Waals surface area contributed by atoms with Gasteiger partial charge in [-0.15, -0.1) is 0 Å². The zero-order chi connectivity index (χ0) is 15.6. The molecule has 1 amide bonds. The normalized spacial score (nSPS) is 22.4. The third-order valence-electron chi connectivity index (χ3n) is 3.32. The molecule has 2 atom stereocenters. The van der Waals surface area contributed by atoms with Gasteiger partial charge in [-0.1, -0.05) is 24.6 Å². The number of amides is 1. The van der Waals surface area contributed by atoms with Gasteiger partial charge in [0.1, 0.15) is 6.61 Å². The second-order valence-electron chi connectivity index (χ2n) is 4.78. The van der Waals surface area contributed by atoms with Crippen molar-refractivity contribution in [3.05, 3.63) is 33.3 Å². The van der Waals surface area contributed by atoms with E-state index in [-0.39, 0.29) is 12.5 Å². The van der Waals surface area contributed by atoms with Crippen LogP contribution in [0.4, 0.5) is 0 Å². The highest BCUT2D eigenvalue weighted by Gasteiger charge is 2.41. The number of nitrogens with zero attached hydrogens (tertiary/aromatic N) is 1. The van der Waals surface area contributed by atoms with Crippen molar-refractivity contribution >= 4 is 39.4 Å². The van der Waals surface area contributed by atoms with Crippen LogP contribution in [0.5, 0.6) is 0 Å². The molecule has 5 nitrogen and oxygen atoms in total. The molecule has 1 aliphatic heterocycles. The molecule has 0 aromatic heterocycles. The van der Waals surface area contributed by atoms with E-state index in [0.717, 1.165) is 6.42 Å². The number of hydrogen-bond acceptors (Lipinski definition) is 3. The minimum Gasteiger partial charge on any atom is -0.479 e. The van der Waals surface area contributed by atoms with Crippen molar-refractivity contribution in [2.45, 2.75) is 25.5 Å². The zero-order valence-corrected chi connectivity index (χ0v) is 13.7. The molecule has 1 aliphatic rings. The van der Waals surface area contributed by atoms with Crippen molar-refractivity contribution in [1.29, 1.82) is 0 Å². The van der Waals surface area contributed by atoms with E-state index in [1.165, 1.54) is 0 Å². The zero-order valence-electron chi connectivity index (χ0n) is 11.4. The average Bonchev–Trinajstić information content (AvgIpc) is 2.44. The predicted octanol–water partition coefficient (Wildman–Crippen LogP) is 2.87. The number of aliphatic carboxylic acids is 1. The SMILES string of the molecule is CCCN1C(=O)COC(C(=O)O)C1c1ccc(Cl)c(Br)c1. The van der Waals surface area contributed by atoms with Crippen molar-refractivity contribution in [3.8, 4) is 0 Å². The highest BCUT2D eigenvalue weighted by atomic mass is 79.9. The van der Waals surface area contributed by atoms with Crippen LogP contribution in [-0.2, 0) is 14.3 Å². The Kier molecular flexibility index (Phi) is 5.24. The molecule has 0 spiro atoms. The van der Waals surface area contributed by atoms with Crippen LogP contribution >= 0.6 is 27.5 Å². The average molecular weight is 377 g/mol. The minimum absolute atomic E-state index is 0.203. The molecule has 1 aromatic carbocycles. The second-order valence-corrected chi connectivity index (χ2v) is 6.04. The Morgan fingerprint density at radius 3 is 2.86 bits per heavy atom. The second kappa shape index (κ2) is 6.77. The minimum atomic E-state index is -1.08. The molecule has 7 heteroatoms. The fourth-order valence-corrected chi connectivity index (χ4v) is 2.93. The van der Waals surface area contributed by atoms with Gasteiger partial charge >= 0.3 is 5.97 Å². The highest BCUT2D eigenvalue weighted by Crippen LogP contribution is 2.34. The number of hydrogen-bond donors (Lipinski definition) is 1. The Hall–Kier alpha value is -1.11. The van der Waals surface area contributed by atoms with E-state index < -0.39 is 18.1 Å². The molecule has 0 bridgehead atoms.